The molecule has 4 amide bonds. The summed E-state index contributed by atoms with van der Waals surface area (Å²) in [5, 5.41) is 23.4. The average molecular weight is 493 g/mol. The number of aromatic nitrogens is 3. The maximum absolute atomic E-state index is 12.9. The maximum Gasteiger partial charge on any atom is 0.273 e. The summed E-state index contributed by atoms with van der Waals surface area (Å²) in [6, 6.07) is 4.50. The van der Waals surface area contributed by atoms with Crippen LogP contribution in [0.2, 0.25) is 0 Å². The van der Waals surface area contributed by atoms with Crippen LogP contribution in [0.4, 0.5) is 0 Å². The lowest BCUT2D eigenvalue weighted by Crippen LogP contribution is -2.63. The Hall–Kier alpha value is -3.60. The second-order valence-corrected chi connectivity index (χ2v) is 10.7. The summed E-state index contributed by atoms with van der Waals surface area (Å²) in [4.78, 5) is 51.0. The lowest BCUT2D eigenvalue weighted by Gasteiger charge is -2.54. The molecule has 3 N–H and O–H groups in total. The van der Waals surface area contributed by atoms with E-state index >= 15 is 0 Å². The third kappa shape index (κ3) is 3.69. The highest BCUT2D eigenvalue weighted by atomic mass is 16.3. The number of hydrogen-bond donors (Lipinski definition) is 3. The number of benzene rings is 1. The van der Waals surface area contributed by atoms with Crippen LogP contribution in [0.1, 0.15) is 77.8 Å². The van der Waals surface area contributed by atoms with Crippen molar-refractivity contribution in [3.05, 3.63) is 41.2 Å². The molecule has 1 unspecified atom stereocenters. The van der Waals surface area contributed by atoms with Crippen LogP contribution in [-0.2, 0) is 16.1 Å². The first-order chi connectivity index (χ1) is 17.3. The largest absolute Gasteiger partial charge is 0.394 e. The number of fused-ring (bicyclic) bond motifs is 1. The molecule has 1 atom stereocenters. The van der Waals surface area contributed by atoms with Crippen LogP contribution >= 0.6 is 0 Å². The number of nitrogens with one attached hydrogen (secondary N) is 2. The summed E-state index contributed by atoms with van der Waals surface area (Å²) >= 11 is 0. The number of carbonyl (C=O) groups is 4. The van der Waals surface area contributed by atoms with E-state index in [1.54, 1.807) is 18.2 Å². The van der Waals surface area contributed by atoms with E-state index in [-0.39, 0.29) is 48.4 Å². The normalized spacial score (nSPS) is 24.0. The molecular weight excluding hydrogens is 464 g/mol. The number of aliphatic hydroxyl groups excluding tert-OH is 1. The van der Waals surface area contributed by atoms with Crippen molar-refractivity contribution in [2.45, 2.75) is 69.5 Å². The zero-order chi connectivity index (χ0) is 25.1. The molecule has 188 valence electrons. The minimum atomic E-state index is -0.679. The Morgan fingerprint density at radius 1 is 1.19 bits per heavy atom. The fraction of sp³-hybridized carbons (Fsp3) is 0.520. The second kappa shape index (κ2) is 8.22. The third-order valence-electron chi connectivity index (χ3n) is 8.27. The lowest BCUT2D eigenvalue weighted by molar-refractivity contribution is -0.136. The first-order valence-electron chi connectivity index (χ1n) is 12.4. The molecule has 2 saturated carbocycles. The van der Waals surface area contributed by atoms with Gasteiger partial charge in [-0.15, -0.1) is 5.10 Å². The van der Waals surface area contributed by atoms with Gasteiger partial charge in [0.25, 0.3) is 11.8 Å². The molecule has 1 aromatic heterocycles. The molecule has 3 fully saturated rings. The number of hydrogen-bond acceptors (Lipinski definition) is 7. The van der Waals surface area contributed by atoms with E-state index in [2.05, 4.69) is 20.9 Å². The highest BCUT2D eigenvalue weighted by molar-refractivity contribution is 6.05. The Kier molecular flexibility index (Phi) is 5.22. The van der Waals surface area contributed by atoms with Crippen molar-refractivity contribution < 1.29 is 24.3 Å². The first kappa shape index (κ1) is 22.8. The van der Waals surface area contributed by atoms with Crippen molar-refractivity contribution in [3.63, 3.8) is 0 Å². The number of carbonyl (C=O) groups excluding carboxylic acids is 4. The molecule has 1 saturated heterocycles. The highest BCUT2D eigenvalue weighted by Crippen LogP contribution is 2.57. The van der Waals surface area contributed by atoms with E-state index in [0.29, 0.717) is 17.7 Å². The van der Waals surface area contributed by atoms with Crippen molar-refractivity contribution in [2.24, 2.45) is 5.41 Å². The molecule has 0 bridgehead atoms. The van der Waals surface area contributed by atoms with Gasteiger partial charge in [0, 0.05) is 18.5 Å². The SMILES string of the molecule is O=C1CCC(N2Cc3cc(-n4cc(C(=O)NC5(CO)CC6(CCCC6)C5)nn4)ccc3C2=O)C(=O)N1. The van der Waals surface area contributed by atoms with E-state index in [0.717, 1.165) is 31.2 Å². The van der Waals surface area contributed by atoms with Crippen molar-refractivity contribution >= 4 is 23.6 Å². The van der Waals surface area contributed by atoms with Gasteiger partial charge in [-0.1, -0.05) is 18.1 Å². The number of amides is 4. The van der Waals surface area contributed by atoms with Crippen LogP contribution < -0.4 is 10.6 Å². The predicted octanol–water partition coefficient (Wildman–Crippen LogP) is 0.843. The fourth-order valence-electron chi connectivity index (χ4n) is 6.60. The van der Waals surface area contributed by atoms with Gasteiger partial charge in [0.05, 0.1) is 24.0 Å². The monoisotopic (exact) mass is 492 g/mol. The summed E-state index contributed by atoms with van der Waals surface area (Å²) < 4.78 is 1.47. The van der Waals surface area contributed by atoms with Gasteiger partial charge in [-0.3, -0.25) is 24.5 Å². The highest BCUT2D eigenvalue weighted by Gasteiger charge is 2.55. The summed E-state index contributed by atoms with van der Waals surface area (Å²) in [5.41, 5.74) is 1.67. The van der Waals surface area contributed by atoms with Gasteiger partial charge in [-0.25, -0.2) is 4.68 Å². The van der Waals surface area contributed by atoms with E-state index in [1.807, 2.05) is 0 Å². The van der Waals surface area contributed by atoms with E-state index in [9.17, 15) is 24.3 Å². The van der Waals surface area contributed by atoms with Gasteiger partial charge in [-0.05, 0) is 61.3 Å². The van der Waals surface area contributed by atoms with Gasteiger partial charge >= 0.3 is 0 Å². The van der Waals surface area contributed by atoms with Gasteiger partial charge < -0.3 is 15.3 Å². The first-order valence-corrected chi connectivity index (χ1v) is 12.4. The molecule has 11 heteroatoms. The van der Waals surface area contributed by atoms with E-state index in [1.165, 1.54) is 28.6 Å². The standard InChI is InChI=1S/C25H28N6O5/c32-14-25(12-24(13-25)7-1-2-8-24)27-21(34)18-11-31(29-28-18)16-3-4-17-15(9-16)10-30(23(17)36)19-5-6-20(33)26-22(19)35/h3-4,9,11,19,32H,1-2,5-8,10,12-14H2,(H,27,34)(H,26,33,35). The van der Waals surface area contributed by atoms with Crippen LogP contribution in [0.3, 0.4) is 0 Å². The molecule has 6 rings (SSSR count). The smallest absolute Gasteiger partial charge is 0.273 e. The van der Waals surface area contributed by atoms with Crippen LogP contribution in [0.15, 0.2) is 24.4 Å². The Labute approximate surface area is 207 Å². The van der Waals surface area contributed by atoms with Crippen molar-refractivity contribution in [3.8, 4) is 5.69 Å². The quantitative estimate of drug-likeness (QED) is 0.524. The molecule has 11 nitrogen and oxygen atoms in total. The number of imide groups is 1. The minimum Gasteiger partial charge on any atom is -0.394 e. The molecule has 0 radical (unpaired) electrons. The second-order valence-electron chi connectivity index (χ2n) is 10.7. The Bertz CT molecular complexity index is 1270. The maximum atomic E-state index is 12.9. The van der Waals surface area contributed by atoms with E-state index in [4.69, 9.17) is 0 Å². The third-order valence-corrected chi connectivity index (χ3v) is 8.27. The Morgan fingerprint density at radius 2 is 1.97 bits per heavy atom. The molecule has 3 heterocycles. The van der Waals surface area contributed by atoms with Crippen LogP contribution in [-0.4, -0.2) is 66.8 Å². The van der Waals surface area contributed by atoms with Crippen molar-refractivity contribution in [2.75, 3.05) is 6.61 Å². The molecule has 1 aromatic carbocycles. The summed E-state index contributed by atoms with van der Waals surface area (Å²) in [7, 11) is 0. The van der Waals surface area contributed by atoms with Crippen molar-refractivity contribution in [1.29, 1.82) is 0 Å². The number of rotatable bonds is 5. The number of piperidine rings is 1. The van der Waals surface area contributed by atoms with Gasteiger partial charge in [0.1, 0.15) is 6.04 Å². The molecule has 1 spiro atoms. The topological polar surface area (TPSA) is 147 Å². The summed E-state index contributed by atoms with van der Waals surface area (Å²) in [6.45, 7) is 0.147. The molecule has 4 aliphatic rings. The van der Waals surface area contributed by atoms with E-state index < -0.39 is 17.5 Å². The number of aliphatic hydroxyl groups is 1. The molecule has 36 heavy (non-hydrogen) atoms. The lowest BCUT2D eigenvalue weighted by atomic mass is 9.56. The fourth-order valence-corrected chi connectivity index (χ4v) is 6.60. The minimum absolute atomic E-state index is 0.100. The summed E-state index contributed by atoms with van der Waals surface area (Å²) in [6.07, 6.45) is 8.34. The summed E-state index contributed by atoms with van der Waals surface area (Å²) in [5.74, 6) is -1.40. The number of nitrogens with zero attached hydrogens (tertiary/aromatic N) is 4. The zero-order valence-corrected chi connectivity index (χ0v) is 19.8. The van der Waals surface area contributed by atoms with Gasteiger partial charge in [0.15, 0.2) is 5.69 Å². The molecule has 2 aliphatic carbocycles. The molecule has 2 aliphatic heterocycles. The Balaban J connectivity index is 1.15. The van der Waals surface area contributed by atoms with Crippen LogP contribution in [0.5, 0.6) is 0 Å². The van der Waals surface area contributed by atoms with Crippen molar-refractivity contribution in [1.82, 2.24) is 30.5 Å². The average Bonchev–Trinajstić information content (AvgIpc) is 3.58. The zero-order valence-electron chi connectivity index (χ0n) is 19.8. The van der Waals surface area contributed by atoms with Gasteiger partial charge in [-0.2, -0.15) is 0 Å². The Morgan fingerprint density at radius 3 is 2.69 bits per heavy atom. The molecular formula is C25H28N6O5. The van der Waals surface area contributed by atoms with Crippen LogP contribution in [0.25, 0.3) is 5.69 Å². The predicted molar refractivity (Wildman–Crippen MR) is 125 cm³/mol. The van der Waals surface area contributed by atoms with Gasteiger partial charge in [0.2, 0.25) is 11.8 Å². The van der Waals surface area contributed by atoms with Crippen LogP contribution in [0, 0.1) is 5.41 Å². The molecule has 2 aromatic rings.